The van der Waals surface area contributed by atoms with Crippen molar-refractivity contribution in [2.75, 3.05) is 31.1 Å². The Labute approximate surface area is 135 Å². The minimum Gasteiger partial charge on any atom is -0.352 e. The Morgan fingerprint density at radius 2 is 2.00 bits per heavy atom. The molecule has 3 fully saturated rings. The van der Waals surface area contributed by atoms with Crippen molar-refractivity contribution in [3.8, 4) is 0 Å². The van der Waals surface area contributed by atoms with Crippen LogP contribution in [-0.4, -0.2) is 51.7 Å². The third kappa shape index (κ3) is 2.41. The van der Waals surface area contributed by atoms with Crippen LogP contribution in [-0.2, 0) is 13.5 Å². The van der Waals surface area contributed by atoms with Crippen molar-refractivity contribution in [1.82, 2.24) is 19.4 Å². The normalized spacial score (nSPS) is 24.2. The molecule has 0 atom stereocenters. The molecule has 2 aromatic rings. The Kier molecular flexibility index (Phi) is 3.56. The molecule has 3 aliphatic rings. The predicted octanol–water partition coefficient (Wildman–Crippen LogP) is 1.18. The van der Waals surface area contributed by atoms with Crippen molar-refractivity contribution in [2.45, 2.75) is 32.2 Å². The minimum atomic E-state index is 0.0263. The van der Waals surface area contributed by atoms with Gasteiger partial charge in [-0.3, -0.25) is 9.36 Å². The zero-order valence-electron chi connectivity index (χ0n) is 13.8. The molecule has 0 aromatic carbocycles. The second kappa shape index (κ2) is 5.60. The minimum absolute atomic E-state index is 0.0263. The molecule has 3 saturated heterocycles. The average molecular weight is 313 g/mol. The second-order valence-electron chi connectivity index (χ2n) is 6.57. The molecule has 0 N–H and O–H groups in total. The Bertz CT molecular complexity index is 791. The third-order valence-corrected chi connectivity index (χ3v) is 5.31. The van der Waals surface area contributed by atoms with E-state index in [1.807, 2.05) is 13.0 Å². The van der Waals surface area contributed by atoms with Crippen molar-refractivity contribution < 1.29 is 0 Å². The van der Waals surface area contributed by atoms with E-state index in [-0.39, 0.29) is 5.56 Å². The van der Waals surface area contributed by atoms with Crippen molar-refractivity contribution in [2.24, 2.45) is 7.05 Å². The summed E-state index contributed by atoms with van der Waals surface area (Å²) in [6.07, 6.45) is 4.88. The largest absolute Gasteiger partial charge is 0.352 e. The van der Waals surface area contributed by atoms with Crippen LogP contribution in [0.25, 0.3) is 10.9 Å². The van der Waals surface area contributed by atoms with Crippen molar-refractivity contribution in [3.63, 3.8) is 0 Å². The molecule has 5 rings (SSSR count). The summed E-state index contributed by atoms with van der Waals surface area (Å²) < 4.78 is 1.66. The number of pyridine rings is 1. The highest BCUT2D eigenvalue weighted by Gasteiger charge is 2.29. The zero-order valence-corrected chi connectivity index (χ0v) is 13.8. The number of fused-ring (bicyclic) bond motifs is 5. The van der Waals surface area contributed by atoms with Crippen LogP contribution < -0.4 is 10.5 Å². The quantitative estimate of drug-likeness (QED) is 0.833. The van der Waals surface area contributed by atoms with E-state index in [0.29, 0.717) is 16.9 Å². The Morgan fingerprint density at radius 1 is 1.22 bits per heavy atom. The number of hydrogen-bond donors (Lipinski definition) is 0. The molecule has 0 aliphatic carbocycles. The molecule has 6 nitrogen and oxygen atoms in total. The lowest BCUT2D eigenvalue weighted by atomic mass is 10.1. The first-order valence-corrected chi connectivity index (χ1v) is 8.52. The summed E-state index contributed by atoms with van der Waals surface area (Å²) in [7, 11) is 1.80. The van der Waals surface area contributed by atoms with E-state index in [1.54, 1.807) is 17.8 Å². The summed E-state index contributed by atoms with van der Waals surface area (Å²) in [4.78, 5) is 26.8. The molecule has 0 unspecified atom stereocenters. The van der Waals surface area contributed by atoms with Gasteiger partial charge in [-0.1, -0.05) is 6.92 Å². The molecule has 3 aliphatic heterocycles. The van der Waals surface area contributed by atoms with Gasteiger partial charge in [0.2, 0.25) is 0 Å². The number of nitrogens with zero attached hydrogens (tertiary/aromatic N) is 5. The molecular formula is C17H23N5O. The van der Waals surface area contributed by atoms with E-state index in [0.717, 1.165) is 31.2 Å². The molecule has 23 heavy (non-hydrogen) atoms. The summed E-state index contributed by atoms with van der Waals surface area (Å²) in [5, 5.41) is 0.675. The van der Waals surface area contributed by atoms with Gasteiger partial charge in [0.1, 0.15) is 11.6 Å². The number of piperidine rings is 1. The van der Waals surface area contributed by atoms with Crippen molar-refractivity contribution in [3.05, 3.63) is 28.4 Å². The highest BCUT2D eigenvalue weighted by molar-refractivity contribution is 5.79. The predicted molar refractivity (Wildman–Crippen MR) is 91.0 cm³/mol. The first-order chi connectivity index (χ1) is 11.2. The van der Waals surface area contributed by atoms with E-state index in [4.69, 9.17) is 0 Å². The number of aromatic nitrogens is 3. The Balaban J connectivity index is 1.79. The molecule has 2 aromatic heterocycles. The molecule has 0 saturated carbocycles. The molecule has 2 bridgehead atoms. The molecule has 0 amide bonds. The highest BCUT2D eigenvalue weighted by Crippen LogP contribution is 2.26. The van der Waals surface area contributed by atoms with Gasteiger partial charge < -0.3 is 9.80 Å². The SMILES string of the molecule is CCc1nc2cnc(N3CCN4CCC3CC4)cc2c(=O)n1C. The summed E-state index contributed by atoms with van der Waals surface area (Å²) in [6, 6.07) is 2.49. The molecule has 5 heterocycles. The van der Waals surface area contributed by atoms with Crippen molar-refractivity contribution in [1.29, 1.82) is 0 Å². The summed E-state index contributed by atoms with van der Waals surface area (Å²) in [5.41, 5.74) is 0.731. The molecular weight excluding hydrogens is 290 g/mol. The lowest BCUT2D eigenvalue weighted by Crippen LogP contribution is -2.38. The standard InChI is InChI=1S/C17H23N5O/c1-3-15-19-14-11-18-16(10-13(14)17(23)20(15)2)22-9-8-21-6-4-12(22)5-7-21/h10-12H,3-9H2,1-2H3. The lowest BCUT2D eigenvalue weighted by Gasteiger charge is -2.32. The lowest BCUT2D eigenvalue weighted by molar-refractivity contribution is 0.250. The van der Waals surface area contributed by atoms with Gasteiger partial charge in [0.15, 0.2) is 0 Å². The first kappa shape index (κ1) is 14.6. The Morgan fingerprint density at radius 3 is 2.74 bits per heavy atom. The topological polar surface area (TPSA) is 54.3 Å². The summed E-state index contributed by atoms with van der Waals surface area (Å²) >= 11 is 0. The van der Waals surface area contributed by atoms with Gasteiger partial charge in [-0.15, -0.1) is 0 Å². The number of hydrogen-bond acceptors (Lipinski definition) is 5. The van der Waals surface area contributed by atoms with Gasteiger partial charge in [0.25, 0.3) is 5.56 Å². The van der Waals surface area contributed by atoms with E-state index in [2.05, 4.69) is 19.8 Å². The van der Waals surface area contributed by atoms with Crippen LogP contribution in [0.2, 0.25) is 0 Å². The maximum atomic E-state index is 12.6. The summed E-state index contributed by atoms with van der Waals surface area (Å²) in [5.74, 6) is 1.73. The van der Waals surface area contributed by atoms with Crippen LogP contribution in [0.1, 0.15) is 25.6 Å². The Hall–Kier alpha value is -1.95. The molecule has 0 spiro atoms. The third-order valence-electron chi connectivity index (χ3n) is 5.31. The van der Waals surface area contributed by atoms with Gasteiger partial charge in [0.05, 0.1) is 17.1 Å². The number of anilines is 1. The van der Waals surface area contributed by atoms with Crippen LogP contribution in [0.4, 0.5) is 5.82 Å². The van der Waals surface area contributed by atoms with Gasteiger partial charge in [-0.05, 0) is 18.9 Å². The summed E-state index contributed by atoms with van der Waals surface area (Å²) in [6.45, 7) is 6.44. The van der Waals surface area contributed by atoms with Crippen LogP contribution in [0.5, 0.6) is 0 Å². The fourth-order valence-electron chi connectivity index (χ4n) is 3.87. The van der Waals surface area contributed by atoms with Crippen LogP contribution >= 0.6 is 0 Å². The number of aryl methyl sites for hydroxylation is 1. The fraction of sp³-hybridized carbons (Fsp3) is 0.588. The highest BCUT2D eigenvalue weighted by atomic mass is 16.1. The maximum absolute atomic E-state index is 12.6. The molecule has 0 radical (unpaired) electrons. The zero-order chi connectivity index (χ0) is 16.0. The average Bonchev–Trinajstić information content (AvgIpc) is 2.91. The van der Waals surface area contributed by atoms with Gasteiger partial charge >= 0.3 is 0 Å². The van der Waals surface area contributed by atoms with Crippen LogP contribution in [0, 0.1) is 0 Å². The smallest absolute Gasteiger partial charge is 0.261 e. The fourth-order valence-corrected chi connectivity index (χ4v) is 3.87. The van der Waals surface area contributed by atoms with Crippen molar-refractivity contribution >= 4 is 16.7 Å². The van der Waals surface area contributed by atoms with E-state index >= 15 is 0 Å². The van der Waals surface area contributed by atoms with E-state index < -0.39 is 0 Å². The molecule has 6 heteroatoms. The monoisotopic (exact) mass is 313 g/mol. The van der Waals surface area contributed by atoms with Crippen LogP contribution in [0.15, 0.2) is 17.1 Å². The first-order valence-electron chi connectivity index (χ1n) is 8.52. The van der Waals surface area contributed by atoms with Crippen LogP contribution in [0.3, 0.4) is 0 Å². The molecule has 122 valence electrons. The van der Waals surface area contributed by atoms with Gasteiger partial charge in [0, 0.05) is 45.7 Å². The van der Waals surface area contributed by atoms with Gasteiger partial charge in [-0.2, -0.15) is 0 Å². The maximum Gasteiger partial charge on any atom is 0.261 e. The van der Waals surface area contributed by atoms with E-state index in [9.17, 15) is 4.79 Å². The van der Waals surface area contributed by atoms with E-state index in [1.165, 1.54) is 25.9 Å². The second-order valence-corrected chi connectivity index (χ2v) is 6.57. The number of rotatable bonds is 2. The van der Waals surface area contributed by atoms with Gasteiger partial charge in [-0.25, -0.2) is 9.97 Å².